The summed E-state index contributed by atoms with van der Waals surface area (Å²) in [5.74, 6) is 1.25. The van der Waals surface area contributed by atoms with Gasteiger partial charge in [-0.3, -0.25) is 10.1 Å². The normalized spacial score (nSPS) is 25.5. The number of benzene rings is 1. The highest BCUT2D eigenvalue weighted by Gasteiger charge is 2.48. The Morgan fingerprint density at radius 3 is 2.73 bits per heavy atom. The van der Waals surface area contributed by atoms with Gasteiger partial charge in [-0.05, 0) is 30.7 Å². The number of carbonyl (C=O) groups is 1. The monoisotopic (exact) mass is 491 g/mol. The van der Waals surface area contributed by atoms with Gasteiger partial charge in [0.05, 0.1) is 0 Å². The van der Waals surface area contributed by atoms with Crippen LogP contribution < -0.4 is 33.0 Å². The fraction of sp³-hybridized carbons (Fsp3) is 0.231. The Morgan fingerprint density at radius 1 is 1.36 bits per heavy atom. The van der Waals surface area contributed by atoms with Crippen molar-refractivity contribution in [2.45, 2.75) is 17.2 Å². The zero-order valence-electron chi connectivity index (χ0n) is 11.2. The first kappa shape index (κ1) is 17.3. The number of guanidine groups is 1. The van der Waals surface area contributed by atoms with Crippen LogP contribution in [0.25, 0.3) is 0 Å². The maximum absolute atomic E-state index is 11.6. The minimum atomic E-state index is -0.639. The Bertz CT molecular complexity index is 698. The largest absolute Gasteiger partial charge is 1.00 e. The Kier molecular flexibility index (Phi) is 5.18. The van der Waals surface area contributed by atoms with Gasteiger partial charge in [-0.15, -0.1) is 4.99 Å². The summed E-state index contributed by atoms with van der Waals surface area (Å²) in [5, 5.41) is 2.78. The number of nitrogens with zero attached hydrogens (tertiary/aromatic N) is 2. The Labute approximate surface area is 154 Å². The van der Waals surface area contributed by atoms with Crippen LogP contribution in [0.2, 0.25) is 0 Å². The van der Waals surface area contributed by atoms with Gasteiger partial charge >= 0.3 is 5.96 Å². The lowest BCUT2D eigenvalue weighted by Crippen LogP contribution is -3.00. The van der Waals surface area contributed by atoms with Gasteiger partial charge in [0.25, 0.3) is 5.91 Å². The Balaban J connectivity index is 0.00000176. The number of halogens is 3. The second-order valence-corrected chi connectivity index (χ2v) is 7.03. The zero-order chi connectivity index (χ0) is 15.0. The van der Waals surface area contributed by atoms with Crippen molar-refractivity contribution in [1.82, 2.24) is 5.32 Å². The van der Waals surface area contributed by atoms with E-state index in [1.165, 1.54) is 0 Å². The van der Waals surface area contributed by atoms with E-state index in [-0.39, 0.29) is 22.9 Å². The fourth-order valence-electron chi connectivity index (χ4n) is 2.13. The second-order valence-electron chi connectivity index (χ2n) is 4.76. The minimum Gasteiger partial charge on any atom is -1.00 e. The van der Waals surface area contributed by atoms with Gasteiger partial charge in [0.1, 0.15) is 5.69 Å². The summed E-state index contributed by atoms with van der Waals surface area (Å²) in [6.45, 7) is 0. The maximum atomic E-state index is 11.6. The molecule has 1 atom stereocenters. The molecule has 6 nitrogen and oxygen atoms in total. The standard InChI is InChI=1S/C13H11Br2N5O.BrH/c14-7-1-3-8(4-2-7)17-12-19-10(16)13(15)6-5-9(21)18-11(13)20-12;/h1-4H,5-6H2,(H3,16,17,18,19,20,21);1H. The number of nitrogens with one attached hydrogen (secondary N) is 2. The molecule has 0 aromatic heterocycles. The molecule has 0 saturated carbocycles. The summed E-state index contributed by atoms with van der Waals surface area (Å²) in [4.78, 5) is 23.2. The molecule has 2 aliphatic heterocycles. The van der Waals surface area contributed by atoms with Crippen LogP contribution in [0, 0.1) is 0 Å². The van der Waals surface area contributed by atoms with Crippen molar-refractivity contribution in [3.63, 3.8) is 0 Å². The minimum absolute atomic E-state index is 0. The molecule has 9 heteroatoms. The molecule has 2 heterocycles. The van der Waals surface area contributed by atoms with E-state index < -0.39 is 4.32 Å². The van der Waals surface area contributed by atoms with Crippen LogP contribution >= 0.6 is 31.9 Å². The second kappa shape index (κ2) is 6.59. The van der Waals surface area contributed by atoms with Crippen LogP contribution in [0.5, 0.6) is 0 Å². The molecular formula is C13H12Br3N5O. The van der Waals surface area contributed by atoms with Crippen LogP contribution in [-0.4, -0.2) is 27.9 Å². The van der Waals surface area contributed by atoms with E-state index in [1.54, 1.807) is 0 Å². The molecule has 0 spiro atoms. The van der Waals surface area contributed by atoms with E-state index >= 15 is 0 Å². The molecule has 0 bridgehead atoms. The van der Waals surface area contributed by atoms with Crippen molar-refractivity contribution in [3.8, 4) is 0 Å². The third-order valence-corrected chi connectivity index (χ3v) is 5.02. The molecule has 116 valence electrons. The van der Waals surface area contributed by atoms with Crippen LogP contribution in [0.4, 0.5) is 5.69 Å². The number of hydrogen-bond donors (Lipinski definition) is 3. The van der Waals surface area contributed by atoms with Crippen molar-refractivity contribution >= 4 is 61.1 Å². The maximum Gasteiger partial charge on any atom is 0.384 e. The third kappa shape index (κ3) is 3.31. The van der Waals surface area contributed by atoms with Crippen molar-refractivity contribution in [2.24, 2.45) is 15.7 Å². The lowest BCUT2D eigenvalue weighted by molar-refractivity contribution is -0.324. The van der Waals surface area contributed by atoms with E-state index in [2.05, 4.69) is 52.2 Å². The number of hydrogen-bond acceptors (Lipinski definition) is 3. The van der Waals surface area contributed by atoms with Crippen molar-refractivity contribution in [2.75, 3.05) is 0 Å². The number of carbonyl (C=O) groups excluding carboxylic acids is 1. The number of amides is 1. The highest BCUT2D eigenvalue weighted by molar-refractivity contribution is 9.10. The average Bonchev–Trinajstić information content (AvgIpc) is 2.44. The molecule has 22 heavy (non-hydrogen) atoms. The highest BCUT2D eigenvalue weighted by Crippen LogP contribution is 2.28. The summed E-state index contributed by atoms with van der Waals surface area (Å²) in [5.41, 5.74) is 6.78. The van der Waals surface area contributed by atoms with Gasteiger partial charge in [0.2, 0.25) is 5.84 Å². The number of rotatable bonds is 1. The van der Waals surface area contributed by atoms with Gasteiger partial charge < -0.3 is 22.7 Å². The third-order valence-electron chi connectivity index (χ3n) is 3.29. The summed E-state index contributed by atoms with van der Waals surface area (Å²) in [6, 6.07) is 7.48. The molecule has 3 rings (SSSR count). The highest BCUT2D eigenvalue weighted by atomic mass is 79.9. The van der Waals surface area contributed by atoms with Gasteiger partial charge in [-0.25, -0.2) is 4.99 Å². The lowest BCUT2D eigenvalue weighted by atomic mass is 9.95. The topological polar surface area (TPSA) is 93.8 Å². The summed E-state index contributed by atoms with van der Waals surface area (Å²) in [6.07, 6.45) is 0.952. The number of alkyl halides is 1. The SMILES string of the molecule is NC1=NC(=Nc2ccc(Br)cc2)[NH+]=C2NC(=O)CCC12Br.[Br-]. The molecule has 1 unspecified atom stereocenters. The molecule has 1 aromatic carbocycles. The number of aliphatic imine (C=N–C) groups is 2. The molecule has 0 aliphatic carbocycles. The smallest absolute Gasteiger partial charge is 0.384 e. The van der Waals surface area contributed by atoms with E-state index in [9.17, 15) is 4.79 Å². The first-order valence-electron chi connectivity index (χ1n) is 6.29. The van der Waals surface area contributed by atoms with Crippen LogP contribution in [0.15, 0.2) is 38.7 Å². The van der Waals surface area contributed by atoms with Crippen molar-refractivity contribution < 1.29 is 26.8 Å². The van der Waals surface area contributed by atoms with E-state index in [0.29, 0.717) is 30.5 Å². The molecule has 1 fully saturated rings. The van der Waals surface area contributed by atoms with Crippen molar-refractivity contribution in [3.05, 3.63) is 28.7 Å². The Hall–Kier alpha value is -1.06. The first-order chi connectivity index (χ1) is 9.97. The molecule has 4 N–H and O–H groups in total. The first-order valence-corrected chi connectivity index (χ1v) is 7.88. The van der Waals surface area contributed by atoms with E-state index in [1.807, 2.05) is 24.3 Å². The van der Waals surface area contributed by atoms with Crippen molar-refractivity contribution in [1.29, 1.82) is 0 Å². The average molecular weight is 494 g/mol. The van der Waals surface area contributed by atoms with E-state index in [4.69, 9.17) is 5.73 Å². The number of nitrogens with two attached hydrogens (primary N) is 1. The van der Waals surface area contributed by atoms with Gasteiger partial charge in [-0.2, -0.15) is 0 Å². The fourth-order valence-corrected chi connectivity index (χ4v) is 2.88. The predicted octanol–water partition coefficient (Wildman–Crippen LogP) is -2.67. The molecule has 2 aliphatic rings. The van der Waals surface area contributed by atoms with Gasteiger partial charge in [0.15, 0.2) is 10.2 Å². The summed E-state index contributed by atoms with van der Waals surface area (Å²) in [7, 11) is 0. The predicted molar refractivity (Wildman–Crippen MR) is 87.9 cm³/mol. The molecule has 1 aromatic rings. The van der Waals surface area contributed by atoms with Crippen LogP contribution in [0.1, 0.15) is 12.8 Å². The molecular weight excluding hydrogens is 482 g/mol. The summed E-state index contributed by atoms with van der Waals surface area (Å²) >= 11 is 6.93. The Morgan fingerprint density at radius 2 is 2.05 bits per heavy atom. The lowest BCUT2D eigenvalue weighted by Gasteiger charge is -2.30. The quantitative estimate of drug-likeness (QED) is 0.372. The zero-order valence-corrected chi connectivity index (χ0v) is 16.0. The van der Waals surface area contributed by atoms with Crippen LogP contribution in [-0.2, 0) is 4.79 Å². The van der Waals surface area contributed by atoms with Gasteiger partial charge in [-0.1, -0.05) is 36.9 Å². The molecule has 1 amide bonds. The summed E-state index contributed by atoms with van der Waals surface area (Å²) < 4.78 is 0.332. The molecule has 1 saturated heterocycles. The number of piperidine rings is 1. The van der Waals surface area contributed by atoms with E-state index in [0.717, 1.165) is 10.2 Å². The van der Waals surface area contributed by atoms with Gasteiger partial charge in [0, 0.05) is 10.9 Å². The number of amidine groups is 2. The number of fused-ring (bicyclic) bond motifs is 1. The van der Waals surface area contributed by atoms with Crippen LogP contribution in [0.3, 0.4) is 0 Å². The molecule has 0 radical (unpaired) electrons.